The van der Waals surface area contributed by atoms with Gasteiger partial charge in [-0.2, -0.15) is 0 Å². The van der Waals surface area contributed by atoms with Crippen molar-refractivity contribution in [3.8, 4) is 0 Å². The van der Waals surface area contributed by atoms with E-state index >= 15 is 0 Å². The molecule has 2 heterocycles. The van der Waals surface area contributed by atoms with Crippen molar-refractivity contribution in [2.75, 3.05) is 13.1 Å². The van der Waals surface area contributed by atoms with Crippen molar-refractivity contribution >= 4 is 11.3 Å². The molecule has 0 aliphatic carbocycles. The van der Waals surface area contributed by atoms with Crippen molar-refractivity contribution in [3.63, 3.8) is 0 Å². The molecule has 0 spiro atoms. The number of hydrogen-bond acceptors (Lipinski definition) is 3. The summed E-state index contributed by atoms with van der Waals surface area (Å²) < 4.78 is 0. The Hall–Kier alpha value is -0.380. The molecule has 1 atom stereocenters. The lowest BCUT2D eigenvalue weighted by molar-refractivity contribution is 0.0653. The quantitative estimate of drug-likeness (QED) is 0.811. The van der Waals surface area contributed by atoms with Gasteiger partial charge >= 0.3 is 0 Å². The van der Waals surface area contributed by atoms with Crippen LogP contribution in [0.2, 0.25) is 0 Å². The zero-order chi connectivity index (χ0) is 9.97. The van der Waals surface area contributed by atoms with E-state index in [0.29, 0.717) is 6.04 Å². The van der Waals surface area contributed by atoms with Crippen LogP contribution >= 0.6 is 11.3 Å². The van der Waals surface area contributed by atoms with Crippen LogP contribution in [0.5, 0.6) is 0 Å². The molecule has 0 saturated carbocycles. The lowest BCUT2D eigenvalue weighted by Crippen LogP contribution is -2.37. The van der Waals surface area contributed by atoms with E-state index in [0.717, 1.165) is 25.9 Å². The van der Waals surface area contributed by atoms with Gasteiger partial charge in [0.1, 0.15) is 0 Å². The number of aliphatic hydroxyl groups is 1. The van der Waals surface area contributed by atoms with Gasteiger partial charge in [-0.3, -0.25) is 4.90 Å². The van der Waals surface area contributed by atoms with Crippen LogP contribution in [0.25, 0.3) is 0 Å². The summed E-state index contributed by atoms with van der Waals surface area (Å²) in [6, 6.07) is 4.82. The monoisotopic (exact) mass is 211 g/mol. The molecule has 0 aromatic carbocycles. The standard InChI is InChI=1S/C11H17NOS/c1-9(11-3-2-8-14-11)12-6-4-10(13)5-7-12/h2-3,8-10,13H,4-7H2,1H3. The Bertz CT molecular complexity index is 265. The van der Waals surface area contributed by atoms with Gasteiger partial charge in [0, 0.05) is 24.0 Å². The van der Waals surface area contributed by atoms with Crippen LogP contribution in [0.15, 0.2) is 17.5 Å². The highest BCUT2D eigenvalue weighted by Crippen LogP contribution is 2.27. The normalized spacial score (nSPS) is 22.4. The van der Waals surface area contributed by atoms with Gasteiger partial charge in [-0.05, 0) is 31.2 Å². The molecule has 1 aromatic rings. The van der Waals surface area contributed by atoms with Gasteiger partial charge in [-0.25, -0.2) is 0 Å². The summed E-state index contributed by atoms with van der Waals surface area (Å²) in [6.07, 6.45) is 1.78. The molecule has 1 unspecified atom stereocenters. The highest BCUT2D eigenvalue weighted by atomic mass is 32.1. The Balaban J connectivity index is 1.95. The van der Waals surface area contributed by atoms with Crippen LogP contribution in [0, 0.1) is 0 Å². The van der Waals surface area contributed by atoms with Crippen LogP contribution in [0.3, 0.4) is 0 Å². The molecule has 0 amide bonds. The average Bonchev–Trinajstić information content (AvgIpc) is 2.71. The second-order valence-electron chi connectivity index (χ2n) is 3.96. The Kier molecular flexibility index (Phi) is 3.21. The predicted octanol–water partition coefficient (Wildman–Crippen LogP) is 2.27. The summed E-state index contributed by atoms with van der Waals surface area (Å²) in [5, 5.41) is 11.5. The minimum atomic E-state index is -0.0678. The van der Waals surface area contributed by atoms with Crippen LogP contribution in [0.4, 0.5) is 0 Å². The van der Waals surface area contributed by atoms with Crippen molar-refractivity contribution in [1.82, 2.24) is 4.90 Å². The Labute approximate surface area is 89.2 Å². The third kappa shape index (κ3) is 2.16. The third-order valence-corrected chi connectivity index (χ3v) is 4.04. The number of aliphatic hydroxyl groups excluding tert-OH is 1. The topological polar surface area (TPSA) is 23.5 Å². The summed E-state index contributed by atoms with van der Waals surface area (Å²) >= 11 is 1.82. The Morgan fingerprint density at radius 2 is 2.21 bits per heavy atom. The number of hydrogen-bond donors (Lipinski definition) is 1. The van der Waals surface area contributed by atoms with Gasteiger partial charge in [-0.1, -0.05) is 6.07 Å². The lowest BCUT2D eigenvalue weighted by Gasteiger charge is -2.33. The van der Waals surface area contributed by atoms with Crippen LogP contribution < -0.4 is 0 Å². The van der Waals surface area contributed by atoms with Gasteiger partial charge in [0.25, 0.3) is 0 Å². The lowest BCUT2D eigenvalue weighted by atomic mass is 10.1. The molecule has 1 aromatic heterocycles. The molecule has 14 heavy (non-hydrogen) atoms. The van der Waals surface area contributed by atoms with Crippen LogP contribution in [-0.2, 0) is 0 Å². The second-order valence-corrected chi connectivity index (χ2v) is 4.94. The number of likely N-dealkylation sites (tertiary alicyclic amines) is 1. The fraction of sp³-hybridized carbons (Fsp3) is 0.636. The van der Waals surface area contributed by atoms with Gasteiger partial charge in [-0.15, -0.1) is 11.3 Å². The molecule has 1 fully saturated rings. The SMILES string of the molecule is CC(c1cccs1)N1CCC(O)CC1. The van der Waals surface area contributed by atoms with E-state index in [1.807, 2.05) is 11.3 Å². The van der Waals surface area contributed by atoms with Crippen LogP contribution in [-0.4, -0.2) is 29.2 Å². The summed E-state index contributed by atoms with van der Waals surface area (Å²) in [6.45, 7) is 4.31. The highest BCUT2D eigenvalue weighted by Gasteiger charge is 2.22. The van der Waals surface area contributed by atoms with Crippen LogP contribution in [0.1, 0.15) is 30.7 Å². The summed E-state index contributed by atoms with van der Waals surface area (Å²) in [7, 11) is 0. The summed E-state index contributed by atoms with van der Waals surface area (Å²) in [4.78, 5) is 3.89. The molecule has 2 rings (SSSR count). The maximum atomic E-state index is 9.42. The van der Waals surface area contributed by atoms with E-state index in [2.05, 4.69) is 29.3 Å². The molecular weight excluding hydrogens is 194 g/mol. The number of thiophene rings is 1. The summed E-state index contributed by atoms with van der Waals surface area (Å²) in [5.74, 6) is 0. The van der Waals surface area contributed by atoms with Gasteiger partial charge in [0.15, 0.2) is 0 Å². The molecule has 2 nitrogen and oxygen atoms in total. The van der Waals surface area contributed by atoms with Crippen molar-refractivity contribution < 1.29 is 5.11 Å². The largest absolute Gasteiger partial charge is 0.393 e. The van der Waals surface area contributed by atoms with Crippen molar-refractivity contribution in [2.24, 2.45) is 0 Å². The van der Waals surface area contributed by atoms with E-state index in [4.69, 9.17) is 0 Å². The van der Waals surface area contributed by atoms with E-state index in [1.165, 1.54) is 4.88 Å². The van der Waals surface area contributed by atoms with Gasteiger partial charge in [0.2, 0.25) is 0 Å². The maximum absolute atomic E-state index is 9.42. The van der Waals surface area contributed by atoms with Gasteiger partial charge < -0.3 is 5.11 Å². The molecule has 1 saturated heterocycles. The molecule has 78 valence electrons. The smallest absolute Gasteiger partial charge is 0.0564 e. The van der Waals surface area contributed by atoms with E-state index < -0.39 is 0 Å². The first-order chi connectivity index (χ1) is 6.77. The van der Waals surface area contributed by atoms with Gasteiger partial charge in [0.05, 0.1) is 6.10 Å². The average molecular weight is 211 g/mol. The first-order valence-electron chi connectivity index (χ1n) is 5.23. The Morgan fingerprint density at radius 3 is 2.79 bits per heavy atom. The fourth-order valence-electron chi connectivity index (χ4n) is 1.98. The second kappa shape index (κ2) is 4.43. The highest BCUT2D eigenvalue weighted by molar-refractivity contribution is 7.10. The molecule has 1 aliphatic heterocycles. The Morgan fingerprint density at radius 1 is 1.50 bits per heavy atom. The number of nitrogens with zero attached hydrogens (tertiary/aromatic N) is 1. The van der Waals surface area contributed by atoms with Crippen molar-refractivity contribution in [2.45, 2.75) is 31.9 Å². The number of piperidine rings is 1. The molecular formula is C11H17NOS. The predicted molar refractivity (Wildman–Crippen MR) is 59.5 cm³/mol. The van der Waals surface area contributed by atoms with E-state index in [1.54, 1.807) is 0 Å². The fourth-order valence-corrected chi connectivity index (χ4v) is 2.80. The van der Waals surface area contributed by atoms with E-state index in [9.17, 15) is 5.11 Å². The maximum Gasteiger partial charge on any atom is 0.0564 e. The first kappa shape index (κ1) is 10.1. The van der Waals surface area contributed by atoms with E-state index in [-0.39, 0.29) is 6.10 Å². The zero-order valence-corrected chi connectivity index (χ0v) is 9.33. The van der Waals surface area contributed by atoms with Crippen molar-refractivity contribution in [1.29, 1.82) is 0 Å². The van der Waals surface area contributed by atoms with Crippen molar-refractivity contribution in [3.05, 3.63) is 22.4 Å². The molecule has 1 N–H and O–H groups in total. The molecule has 0 radical (unpaired) electrons. The summed E-state index contributed by atoms with van der Waals surface area (Å²) in [5.41, 5.74) is 0. The molecule has 1 aliphatic rings. The minimum absolute atomic E-state index is 0.0678. The molecule has 0 bridgehead atoms. The zero-order valence-electron chi connectivity index (χ0n) is 8.52. The number of rotatable bonds is 2. The minimum Gasteiger partial charge on any atom is -0.393 e. The first-order valence-corrected chi connectivity index (χ1v) is 6.11. The molecule has 3 heteroatoms. The third-order valence-electron chi connectivity index (χ3n) is 3.00.